The average molecular weight is 341 g/mol. The molecule has 0 aromatic heterocycles. The second-order valence-corrected chi connectivity index (χ2v) is 4.66. The number of methoxy groups -OCH3 is 1. The lowest BCUT2D eigenvalue weighted by atomic mass is 10.1. The molecule has 0 saturated carbocycles. The Morgan fingerprint density at radius 2 is 2.09 bits per heavy atom. The molecule has 0 spiro atoms. The second-order valence-electron chi connectivity index (χ2n) is 4.66. The van der Waals surface area contributed by atoms with E-state index in [0.29, 0.717) is 11.3 Å². The number of anilines is 1. The maximum absolute atomic E-state index is 12.2. The van der Waals surface area contributed by atoms with Gasteiger partial charge in [0, 0.05) is 25.8 Å². The van der Waals surface area contributed by atoms with Gasteiger partial charge in [0.2, 0.25) is 5.91 Å². The van der Waals surface area contributed by atoms with Crippen molar-refractivity contribution in [3.63, 3.8) is 0 Å². The number of nitrogens with two attached hydrogens (primary N) is 1. The Labute approximate surface area is 133 Å². The van der Waals surface area contributed by atoms with Crippen molar-refractivity contribution in [1.82, 2.24) is 0 Å². The maximum atomic E-state index is 12.2. The molecule has 1 amide bonds. The number of aryl methyl sites for hydroxylation is 1. The van der Waals surface area contributed by atoms with Gasteiger partial charge in [-0.1, -0.05) is 12.1 Å². The van der Waals surface area contributed by atoms with Gasteiger partial charge >= 0.3 is 6.18 Å². The lowest BCUT2D eigenvalue weighted by Gasteiger charge is -2.13. The molecular weight excluding hydrogens is 321 g/mol. The van der Waals surface area contributed by atoms with Gasteiger partial charge < -0.3 is 15.8 Å². The third-order valence-electron chi connectivity index (χ3n) is 2.92. The predicted molar refractivity (Wildman–Crippen MR) is 81.2 cm³/mol. The molecule has 8 heteroatoms. The summed E-state index contributed by atoms with van der Waals surface area (Å²) >= 11 is 0. The van der Waals surface area contributed by atoms with Gasteiger partial charge in [0.15, 0.2) is 0 Å². The van der Waals surface area contributed by atoms with Gasteiger partial charge in [-0.2, -0.15) is 13.2 Å². The minimum atomic E-state index is -4.19. The number of carbonyl (C=O) groups is 1. The second kappa shape index (κ2) is 9.66. The number of hydrogen-bond donors (Lipinski definition) is 2. The van der Waals surface area contributed by atoms with Crippen LogP contribution < -0.4 is 11.1 Å². The zero-order valence-electron chi connectivity index (χ0n) is 12.2. The summed E-state index contributed by atoms with van der Waals surface area (Å²) in [6.45, 7) is 0.218. The van der Waals surface area contributed by atoms with E-state index in [0.717, 1.165) is 0 Å². The summed E-state index contributed by atoms with van der Waals surface area (Å²) in [5, 5.41) is 2.62. The molecule has 0 radical (unpaired) electrons. The van der Waals surface area contributed by atoms with E-state index in [1.54, 1.807) is 18.2 Å². The molecule has 0 aliphatic rings. The van der Waals surface area contributed by atoms with E-state index in [4.69, 9.17) is 10.5 Å². The molecule has 0 aliphatic heterocycles. The summed E-state index contributed by atoms with van der Waals surface area (Å²) < 4.78 is 41.5. The molecule has 0 bridgehead atoms. The van der Waals surface area contributed by atoms with Gasteiger partial charge in [0.25, 0.3) is 0 Å². The number of halogens is 4. The molecule has 1 rings (SSSR count). The topological polar surface area (TPSA) is 64.3 Å². The quantitative estimate of drug-likeness (QED) is 0.802. The number of carbonyl (C=O) groups excluding carboxylic acids is 1. The molecule has 0 fully saturated rings. The Morgan fingerprint density at radius 3 is 2.64 bits per heavy atom. The van der Waals surface area contributed by atoms with Crippen LogP contribution in [0.5, 0.6) is 0 Å². The molecule has 1 unspecified atom stereocenters. The number of benzene rings is 1. The van der Waals surface area contributed by atoms with Gasteiger partial charge in [-0.05, 0) is 24.1 Å². The van der Waals surface area contributed by atoms with Crippen LogP contribution in [0.15, 0.2) is 24.3 Å². The Balaban J connectivity index is 0.00000441. The van der Waals surface area contributed by atoms with E-state index in [9.17, 15) is 18.0 Å². The van der Waals surface area contributed by atoms with Crippen molar-refractivity contribution in [1.29, 1.82) is 0 Å². The van der Waals surface area contributed by atoms with Crippen LogP contribution >= 0.6 is 12.4 Å². The highest BCUT2D eigenvalue weighted by Gasteiger charge is 2.26. The van der Waals surface area contributed by atoms with Gasteiger partial charge in [0.1, 0.15) is 0 Å². The van der Waals surface area contributed by atoms with E-state index < -0.39 is 12.6 Å². The lowest BCUT2D eigenvalue weighted by Crippen LogP contribution is -2.28. The molecule has 1 aromatic rings. The third-order valence-corrected chi connectivity index (χ3v) is 2.92. The number of hydrogen-bond acceptors (Lipinski definition) is 3. The van der Waals surface area contributed by atoms with E-state index in [1.807, 2.05) is 0 Å². The Morgan fingerprint density at radius 1 is 1.41 bits per heavy atom. The van der Waals surface area contributed by atoms with Crippen LogP contribution in [0.4, 0.5) is 18.9 Å². The normalized spacial score (nSPS) is 12.4. The first-order chi connectivity index (χ1) is 9.84. The zero-order chi connectivity index (χ0) is 15.9. The van der Waals surface area contributed by atoms with Crippen LogP contribution in [-0.2, 0) is 16.0 Å². The minimum Gasteiger partial charge on any atom is -0.380 e. The fourth-order valence-electron chi connectivity index (χ4n) is 1.77. The van der Waals surface area contributed by atoms with Crippen molar-refractivity contribution in [2.24, 2.45) is 5.73 Å². The van der Waals surface area contributed by atoms with Gasteiger partial charge in [-0.15, -0.1) is 12.4 Å². The number of alkyl halides is 3. The summed E-state index contributed by atoms with van der Waals surface area (Å²) in [4.78, 5) is 11.7. The van der Waals surface area contributed by atoms with Crippen LogP contribution in [0.2, 0.25) is 0 Å². The first kappa shape index (κ1) is 20.7. The average Bonchev–Trinajstić information content (AvgIpc) is 2.42. The minimum absolute atomic E-state index is 0. The molecule has 3 N–H and O–H groups in total. The number of ether oxygens (including phenoxy) is 1. The maximum Gasteiger partial charge on any atom is 0.389 e. The van der Waals surface area contributed by atoms with Gasteiger partial charge in [-0.25, -0.2) is 0 Å². The first-order valence-electron chi connectivity index (χ1n) is 6.52. The molecule has 1 atom stereocenters. The van der Waals surface area contributed by atoms with Gasteiger partial charge in [-0.3, -0.25) is 4.79 Å². The molecule has 0 aliphatic carbocycles. The largest absolute Gasteiger partial charge is 0.389 e. The molecule has 0 saturated heterocycles. The summed E-state index contributed by atoms with van der Waals surface area (Å²) in [6, 6.07) is 6.37. The third kappa shape index (κ3) is 8.21. The Hall–Kier alpha value is -1.31. The van der Waals surface area contributed by atoms with Crippen molar-refractivity contribution in [3.8, 4) is 0 Å². The smallest absolute Gasteiger partial charge is 0.380 e. The van der Waals surface area contributed by atoms with E-state index in [1.165, 1.54) is 13.2 Å². The van der Waals surface area contributed by atoms with E-state index >= 15 is 0 Å². The highest BCUT2D eigenvalue weighted by molar-refractivity contribution is 5.91. The predicted octanol–water partition coefficient (Wildman–Crippen LogP) is 2.91. The summed E-state index contributed by atoms with van der Waals surface area (Å²) in [6.07, 6.45) is -5.47. The SMILES string of the molecule is COC(CN)CC(=O)Nc1cccc(CCC(F)(F)F)c1.Cl. The van der Waals surface area contributed by atoms with Crippen molar-refractivity contribution in [3.05, 3.63) is 29.8 Å². The summed E-state index contributed by atoms with van der Waals surface area (Å²) in [5.74, 6) is -0.291. The van der Waals surface area contributed by atoms with Crippen molar-refractivity contribution in [2.75, 3.05) is 19.0 Å². The van der Waals surface area contributed by atoms with Gasteiger partial charge in [0.05, 0.1) is 12.5 Å². The van der Waals surface area contributed by atoms with Crippen LogP contribution in [0, 0.1) is 0 Å². The monoisotopic (exact) mass is 340 g/mol. The van der Waals surface area contributed by atoms with Crippen molar-refractivity contribution in [2.45, 2.75) is 31.5 Å². The molecule has 0 heterocycles. The molecule has 4 nitrogen and oxygen atoms in total. The first-order valence-corrected chi connectivity index (χ1v) is 6.52. The zero-order valence-corrected chi connectivity index (χ0v) is 13.0. The standard InChI is InChI=1S/C14H19F3N2O2.ClH/c1-21-12(9-18)8-13(20)19-11-4-2-3-10(7-11)5-6-14(15,16)17;/h2-4,7,12H,5-6,8-9,18H2,1H3,(H,19,20);1H. The van der Waals surface area contributed by atoms with Crippen molar-refractivity contribution >= 4 is 24.0 Å². The molecular formula is C14H20ClF3N2O2. The highest BCUT2D eigenvalue weighted by Crippen LogP contribution is 2.23. The van der Waals surface area contributed by atoms with Crippen LogP contribution in [0.25, 0.3) is 0 Å². The number of amides is 1. The van der Waals surface area contributed by atoms with E-state index in [-0.39, 0.29) is 43.8 Å². The fourth-order valence-corrected chi connectivity index (χ4v) is 1.77. The Kier molecular flexibility index (Phi) is 9.08. The summed E-state index contributed by atoms with van der Waals surface area (Å²) in [7, 11) is 1.46. The number of nitrogens with one attached hydrogen (secondary N) is 1. The van der Waals surface area contributed by atoms with E-state index in [2.05, 4.69) is 5.32 Å². The fraction of sp³-hybridized carbons (Fsp3) is 0.500. The summed E-state index contributed by atoms with van der Waals surface area (Å²) in [5.41, 5.74) is 6.40. The van der Waals surface area contributed by atoms with Crippen LogP contribution in [-0.4, -0.2) is 31.8 Å². The van der Waals surface area contributed by atoms with Crippen LogP contribution in [0.3, 0.4) is 0 Å². The number of rotatable bonds is 7. The van der Waals surface area contributed by atoms with Crippen molar-refractivity contribution < 1.29 is 22.7 Å². The lowest BCUT2D eigenvalue weighted by molar-refractivity contribution is -0.134. The molecule has 1 aromatic carbocycles. The molecule has 22 heavy (non-hydrogen) atoms. The van der Waals surface area contributed by atoms with Crippen LogP contribution in [0.1, 0.15) is 18.4 Å². The highest BCUT2D eigenvalue weighted by atomic mass is 35.5. The molecule has 126 valence electrons. The Bertz CT molecular complexity index is 466.